The Hall–Kier alpha value is -5.60. The zero-order chi connectivity index (χ0) is 43.3. The Kier molecular flexibility index (Phi) is 20.8. The second-order valence-corrected chi connectivity index (χ2v) is 13.9. The predicted octanol–water partition coefficient (Wildman–Crippen LogP) is 6.89. The second kappa shape index (κ2) is 24.9. The second-order valence-electron chi connectivity index (χ2n) is 13.9. The third-order valence-corrected chi connectivity index (χ3v) is 8.70. The highest BCUT2D eigenvalue weighted by Crippen LogP contribution is 2.34. The van der Waals surface area contributed by atoms with E-state index in [1.807, 2.05) is 0 Å². The normalized spacial score (nSPS) is 10.9. The van der Waals surface area contributed by atoms with Crippen molar-refractivity contribution >= 4 is 35.8 Å². The minimum atomic E-state index is -1.67. The van der Waals surface area contributed by atoms with Crippen LogP contribution in [0, 0.1) is 17.0 Å². The standard InChI is InChI=1S/C43H54F2O13/c1-8-9-10-11-12-14-30-19-33(44)40(34(45)20-30)32-16-17-35(31(21-32)15-13-18-54-41(50)28(2)3)55-24-43(27-58-42(51)29(4)5,25-56-38(48)22-36(46)52-6)26-57-39(49)23-37(47)53-7/h16-17,19-21H,2,4,8-15,18,22-27H2,1,3,5-7H3. The average Bonchev–Trinajstić information content (AvgIpc) is 3.18. The molecule has 2 aromatic carbocycles. The molecular weight excluding hydrogens is 762 g/mol. The summed E-state index contributed by atoms with van der Waals surface area (Å²) in [6.45, 7) is 9.74. The highest BCUT2D eigenvalue weighted by Gasteiger charge is 2.38. The van der Waals surface area contributed by atoms with Gasteiger partial charge in [-0.15, -0.1) is 0 Å². The molecule has 58 heavy (non-hydrogen) atoms. The zero-order valence-corrected chi connectivity index (χ0v) is 34.0. The van der Waals surface area contributed by atoms with Crippen LogP contribution in [0.5, 0.6) is 5.75 Å². The molecule has 2 aromatic rings. The van der Waals surface area contributed by atoms with Gasteiger partial charge in [0.25, 0.3) is 0 Å². The molecule has 0 aliphatic carbocycles. The van der Waals surface area contributed by atoms with E-state index in [0.29, 0.717) is 17.5 Å². The SMILES string of the molecule is C=C(C)C(=O)OCCCc1cc(-c2c(F)cc(CCCCCCC)cc2F)ccc1OCC(COC(=O)CC(=O)OC)(COC(=O)CC(=O)OC)COC(=O)C(=C)C. The van der Waals surface area contributed by atoms with E-state index in [4.69, 9.17) is 23.7 Å². The molecule has 0 aromatic heterocycles. The molecule has 0 aliphatic heterocycles. The summed E-state index contributed by atoms with van der Waals surface area (Å²) in [5, 5.41) is 0. The largest absolute Gasteiger partial charge is 0.492 e. The van der Waals surface area contributed by atoms with Gasteiger partial charge in [0, 0.05) is 11.1 Å². The van der Waals surface area contributed by atoms with E-state index in [-0.39, 0.29) is 47.5 Å². The summed E-state index contributed by atoms with van der Waals surface area (Å²) in [4.78, 5) is 73.2. The molecule has 0 aliphatic rings. The smallest absolute Gasteiger partial charge is 0.333 e. The summed E-state index contributed by atoms with van der Waals surface area (Å²) in [6, 6.07) is 7.08. The molecule has 0 saturated heterocycles. The van der Waals surface area contributed by atoms with Gasteiger partial charge in [-0.3, -0.25) is 19.2 Å². The number of hydrogen-bond donors (Lipinski definition) is 0. The van der Waals surface area contributed by atoms with Gasteiger partial charge in [0.1, 0.15) is 62.1 Å². The van der Waals surface area contributed by atoms with Crippen molar-refractivity contribution in [2.45, 2.75) is 85.0 Å². The van der Waals surface area contributed by atoms with Crippen LogP contribution < -0.4 is 4.74 Å². The molecular formula is C43H54F2O13. The molecule has 0 bridgehead atoms. The molecule has 0 unspecified atom stereocenters. The van der Waals surface area contributed by atoms with Crippen molar-refractivity contribution in [2.75, 3.05) is 47.3 Å². The maximum absolute atomic E-state index is 15.6. The van der Waals surface area contributed by atoms with Gasteiger partial charge in [-0.05, 0) is 80.5 Å². The minimum Gasteiger partial charge on any atom is -0.492 e. The molecule has 0 heterocycles. The number of halogens is 2. The van der Waals surface area contributed by atoms with Gasteiger partial charge in [0.15, 0.2) is 0 Å². The Balaban J connectivity index is 2.56. The fourth-order valence-electron chi connectivity index (χ4n) is 5.37. The van der Waals surface area contributed by atoms with Crippen LogP contribution in [0.1, 0.15) is 83.3 Å². The zero-order valence-electron chi connectivity index (χ0n) is 34.0. The number of unbranched alkanes of at least 4 members (excludes halogenated alkanes) is 4. The number of ether oxygens (including phenoxy) is 7. The van der Waals surface area contributed by atoms with Crippen LogP contribution in [0.2, 0.25) is 0 Å². The topological polar surface area (TPSA) is 167 Å². The van der Waals surface area contributed by atoms with E-state index in [2.05, 4.69) is 29.6 Å². The van der Waals surface area contributed by atoms with Gasteiger partial charge in [-0.25, -0.2) is 18.4 Å². The van der Waals surface area contributed by atoms with Gasteiger partial charge in [-0.1, -0.05) is 51.8 Å². The lowest BCUT2D eigenvalue weighted by atomic mass is 9.91. The molecule has 0 amide bonds. The summed E-state index contributed by atoms with van der Waals surface area (Å²) in [7, 11) is 2.15. The first kappa shape index (κ1) is 48.5. The molecule has 0 fully saturated rings. The van der Waals surface area contributed by atoms with E-state index in [9.17, 15) is 28.8 Å². The van der Waals surface area contributed by atoms with Crippen molar-refractivity contribution in [3.05, 3.63) is 77.4 Å². The third kappa shape index (κ3) is 16.9. The van der Waals surface area contributed by atoms with E-state index in [0.717, 1.165) is 46.3 Å². The van der Waals surface area contributed by atoms with E-state index < -0.39 is 92.1 Å². The fraction of sp³-hybridized carbons (Fsp3) is 0.488. The number of aryl methyl sites for hydroxylation is 2. The molecule has 2 rings (SSSR count). The average molecular weight is 817 g/mol. The maximum atomic E-state index is 15.6. The van der Waals surface area contributed by atoms with Crippen molar-refractivity contribution in [3.63, 3.8) is 0 Å². The van der Waals surface area contributed by atoms with Gasteiger partial charge in [0.2, 0.25) is 0 Å². The van der Waals surface area contributed by atoms with Crippen LogP contribution in [0.4, 0.5) is 8.78 Å². The number of carbonyl (C=O) groups excluding carboxylic acids is 6. The predicted molar refractivity (Wildman–Crippen MR) is 207 cm³/mol. The van der Waals surface area contributed by atoms with Crippen molar-refractivity contribution in [2.24, 2.45) is 5.41 Å². The number of hydrogen-bond acceptors (Lipinski definition) is 13. The Morgan fingerprint density at radius 2 is 1.17 bits per heavy atom. The number of carbonyl (C=O) groups is 6. The van der Waals surface area contributed by atoms with Crippen molar-refractivity contribution in [1.82, 2.24) is 0 Å². The van der Waals surface area contributed by atoms with Crippen LogP contribution in [0.3, 0.4) is 0 Å². The number of methoxy groups -OCH3 is 2. The number of esters is 6. The summed E-state index contributed by atoms with van der Waals surface area (Å²) in [5.74, 6) is -6.61. The molecule has 318 valence electrons. The third-order valence-electron chi connectivity index (χ3n) is 8.70. The maximum Gasteiger partial charge on any atom is 0.333 e. The monoisotopic (exact) mass is 816 g/mol. The molecule has 15 heteroatoms. The lowest BCUT2D eigenvalue weighted by Gasteiger charge is -2.32. The molecule has 0 atom stereocenters. The summed E-state index contributed by atoms with van der Waals surface area (Å²) in [5.41, 5.74) is -0.554. The molecule has 13 nitrogen and oxygen atoms in total. The first-order valence-corrected chi connectivity index (χ1v) is 18.9. The summed E-state index contributed by atoms with van der Waals surface area (Å²) in [6.07, 6.45) is 4.39. The lowest BCUT2D eigenvalue weighted by Crippen LogP contribution is -2.44. The molecule has 0 spiro atoms. The van der Waals surface area contributed by atoms with Crippen LogP contribution in [-0.2, 0) is 70.0 Å². The Morgan fingerprint density at radius 1 is 0.638 bits per heavy atom. The van der Waals surface area contributed by atoms with Crippen molar-refractivity contribution < 1.29 is 70.7 Å². The van der Waals surface area contributed by atoms with Crippen LogP contribution in [0.25, 0.3) is 11.1 Å². The molecule has 0 saturated carbocycles. The van der Waals surface area contributed by atoms with Gasteiger partial charge >= 0.3 is 35.8 Å². The summed E-state index contributed by atoms with van der Waals surface area (Å²) >= 11 is 0. The highest BCUT2D eigenvalue weighted by atomic mass is 19.1. The first-order chi connectivity index (χ1) is 27.5. The van der Waals surface area contributed by atoms with Crippen molar-refractivity contribution in [1.29, 1.82) is 0 Å². The quantitative estimate of drug-likeness (QED) is 0.0317. The Morgan fingerprint density at radius 3 is 1.71 bits per heavy atom. The van der Waals surface area contributed by atoms with Gasteiger partial charge < -0.3 is 33.2 Å². The highest BCUT2D eigenvalue weighted by molar-refractivity contribution is 5.91. The van der Waals surface area contributed by atoms with E-state index in [1.165, 1.54) is 44.2 Å². The van der Waals surface area contributed by atoms with Gasteiger partial charge in [0.05, 0.1) is 26.4 Å². The summed E-state index contributed by atoms with van der Waals surface area (Å²) < 4.78 is 67.9. The van der Waals surface area contributed by atoms with Gasteiger partial charge in [-0.2, -0.15) is 0 Å². The van der Waals surface area contributed by atoms with Crippen LogP contribution in [0.15, 0.2) is 54.6 Å². The Bertz CT molecular complexity index is 1730. The fourth-order valence-corrected chi connectivity index (χ4v) is 5.37. The number of rotatable bonds is 26. The Labute approximate surface area is 338 Å². The van der Waals surface area contributed by atoms with Crippen LogP contribution in [-0.4, -0.2) is 83.1 Å². The lowest BCUT2D eigenvalue weighted by molar-refractivity contribution is -0.165. The number of benzene rings is 2. The van der Waals surface area contributed by atoms with Crippen LogP contribution >= 0.6 is 0 Å². The van der Waals surface area contributed by atoms with E-state index in [1.54, 1.807) is 0 Å². The minimum absolute atomic E-state index is 0.0184. The molecule has 0 radical (unpaired) electrons. The first-order valence-electron chi connectivity index (χ1n) is 18.9. The van der Waals surface area contributed by atoms with E-state index >= 15 is 8.78 Å². The van der Waals surface area contributed by atoms with Crippen molar-refractivity contribution in [3.8, 4) is 16.9 Å². The molecule has 0 N–H and O–H groups in total.